The third kappa shape index (κ3) is 11.1. The van der Waals surface area contributed by atoms with Crippen LogP contribution in [0.5, 0.6) is 0 Å². The van der Waals surface area contributed by atoms with E-state index in [0.29, 0.717) is 0 Å². The molecular weight excluding hydrogens is 256 g/mol. The Kier molecular flexibility index (Phi) is 11.2. The first-order valence-corrected chi connectivity index (χ1v) is 5.74. The molecule has 0 aromatic carbocycles. The Balaban J connectivity index is 0. The minimum absolute atomic E-state index is 0. The summed E-state index contributed by atoms with van der Waals surface area (Å²) in [7, 11) is 0. The summed E-state index contributed by atoms with van der Waals surface area (Å²) in [6, 6.07) is 0. The van der Waals surface area contributed by atoms with Gasteiger partial charge in [0.05, 0.1) is 0 Å². The zero-order valence-corrected chi connectivity index (χ0v) is 10.7. The van der Waals surface area contributed by atoms with Gasteiger partial charge in [-0.3, -0.25) is 4.79 Å². The van der Waals surface area contributed by atoms with E-state index >= 15 is 0 Å². The molecule has 1 amide bonds. The van der Waals surface area contributed by atoms with Crippen LogP contribution in [0.25, 0.3) is 0 Å². The second-order valence-electron chi connectivity index (χ2n) is 3.12. The summed E-state index contributed by atoms with van der Waals surface area (Å²) in [5.74, 6) is -0.561. The van der Waals surface area contributed by atoms with E-state index in [4.69, 9.17) is 0 Å². The van der Waals surface area contributed by atoms with Crippen LogP contribution >= 0.6 is 0 Å². The Bertz CT molecular complexity index is 361. The van der Waals surface area contributed by atoms with Gasteiger partial charge in [-0.05, 0) is 25.5 Å². The molecule has 0 fully saturated rings. The molecule has 7 heteroatoms. The van der Waals surface area contributed by atoms with Crippen LogP contribution < -0.4 is 10.8 Å². The normalized spacial score (nSPS) is 14.4. The summed E-state index contributed by atoms with van der Waals surface area (Å²) in [5.41, 5.74) is 4.11. The van der Waals surface area contributed by atoms with Crippen molar-refractivity contribution in [1.29, 1.82) is 0 Å². The highest BCUT2D eigenvalue weighted by Crippen LogP contribution is 2.03. The van der Waals surface area contributed by atoms with Gasteiger partial charge in [0.25, 0.3) is 0 Å². The molecule has 2 N–H and O–H groups in total. The van der Waals surface area contributed by atoms with Gasteiger partial charge in [0.15, 0.2) is 0 Å². The standard InChI is InChI=1S/C8H11N.C2H5NO4S.CH4/c1-7-5-3-4-6-9-8(7)2;1-2(4)3-7-8(5)6;/h3-6,9H,1-2H3;1H3,(H,3,4)(H,5,6);1H4/p-1. The van der Waals surface area contributed by atoms with Crippen LogP contribution in [-0.2, 0) is 20.4 Å². The number of hydrogen-bond acceptors (Lipinski definition) is 5. The third-order valence-electron chi connectivity index (χ3n) is 1.70. The van der Waals surface area contributed by atoms with Gasteiger partial charge in [0.1, 0.15) is 11.4 Å². The zero-order valence-electron chi connectivity index (χ0n) is 9.85. The van der Waals surface area contributed by atoms with Gasteiger partial charge in [-0.15, -0.1) is 0 Å². The molecule has 18 heavy (non-hydrogen) atoms. The molecule has 1 atom stereocenters. The van der Waals surface area contributed by atoms with Crippen LogP contribution in [0.3, 0.4) is 0 Å². The van der Waals surface area contributed by atoms with E-state index in [1.54, 1.807) is 5.48 Å². The van der Waals surface area contributed by atoms with Crippen molar-refractivity contribution in [2.45, 2.75) is 28.2 Å². The van der Waals surface area contributed by atoms with E-state index in [1.165, 1.54) is 11.3 Å². The molecule has 0 radical (unpaired) electrons. The van der Waals surface area contributed by atoms with E-state index < -0.39 is 17.3 Å². The number of hydroxylamine groups is 1. The second-order valence-corrected chi connectivity index (χ2v) is 3.69. The monoisotopic (exact) mass is 275 g/mol. The summed E-state index contributed by atoms with van der Waals surface area (Å²) in [6.07, 6.45) is 8.03. The van der Waals surface area contributed by atoms with Crippen molar-refractivity contribution in [3.63, 3.8) is 0 Å². The predicted octanol–water partition coefficient (Wildman–Crippen LogP) is 1.44. The molecule has 1 rings (SSSR count). The van der Waals surface area contributed by atoms with Crippen LogP contribution in [0.1, 0.15) is 28.2 Å². The number of rotatable bonds is 2. The lowest BCUT2D eigenvalue weighted by molar-refractivity contribution is -0.125. The van der Waals surface area contributed by atoms with Gasteiger partial charge in [-0.25, -0.2) is 9.69 Å². The predicted molar refractivity (Wildman–Crippen MR) is 70.3 cm³/mol. The van der Waals surface area contributed by atoms with Crippen molar-refractivity contribution in [2.24, 2.45) is 0 Å². The Morgan fingerprint density at radius 3 is 2.50 bits per heavy atom. The van der Waals surface area contributed by atoms with Crippen LogP contribution in [0.4, 0.5) is 0 Å². The highest BCUT2D eigenvalue weighted by atomic mass is 32.2. The SMILES string of the molecule is C.CC(=O)NOS(=O)[O-].CC1=C(C)NC=CC=C1. The van der Waals surface area contributed by atoms with E-state index in [1.807, 2.05) is 18.4 Å². The summed E-state index contributed by atoms with van der Waals surface area (Å²) >= 11 is -2.67. The van der Waals surface area contributed by atoms with Crippen LogP contribution in [0, 0.1) is 0 Å². The van der Waals surface area contributed by atoms with Crippen molar-refractivity contribution in [3.8, 4) is 0 Å². The first kappa shape index (κ1) is 18.9. The Hall–Kier alpha value is -1.44. The molecule has 0 spiro atoms. The molecular formula is C11H19N2O4S-. The lowest BCUT2D eigenvalue weighted by Crippen LogP contribution is -2.21. The quantitative estimate of drug-likeness (QED) is 0.588. The summed E-state index contributed by atoms with van der Waals surface area (Å²) in [6.45, 7) is 5.29. The minimum atomic E-state index is -2.67. The van der Waals surface area contributed by atoms with Gasteiger partial charge < -0.3 is 9.87 Å². The lowest BCUT2D eigenvalue weighted by atomic mass is 10.2. The molecule has 1 aliphatic heterocycles. The number of hydrogen-bond donors (Lipinski definition) is 2. The molecule has 0 bridgehead atoms. The van der Waals surface area contributed by atoms with Gasteiger partial charge in [0, 0.05) is 18.8 Å². The van der Waals surface area contributed by atoms with Gasteiger partial charge >= 0.3 is 0 Å². The molecule has 0 aromatic rings. The van der Waals surface area contributed by atoms with Crippen LogP contribution in [-0.4, -0.2) is 14.7 Å². The average Bonchev–Trinajstić information content (AvgIpc) is 2.43. The summed E-state index contributed by atoms with van der Waals surface area (Å²) in [5, 5.41) is 3.13. The molecule has 0 aromatic heterocycles. The first-order valence-electron chi connectivity index (χ1n) is 4.74. The van der Waals surface area contributed by atoms with Crippen molar-refractivity contribution in [2.75, 3.05) is 0 Å². The van der Waals surface area contributed by atoms with Crippen molar-refractivity contribution in [3.05, 3.63) is 35.7 Å². The largest absolute Gasteiger partial charge is 0.748 e. The summed E-state index contributed by atoms with van der Waals surface area (Å²) in [4.78, 5) is 9.84. The zero-order chi connectivity index (χ0) is 13.3. The fourth-order valence-electron chi connectivity index (χ4n) is 0.760. The molecule has 0 saturated carbocycles. The number of nitrogens with one attached hydrogen (secondary N) is 2. The maximum absolute atomic E-state index is 9.84. The van der Waals surface area contributed by atoms with E-state index in [-0.39, 0.29) is 7.43 Å². The van der Waals surface area contributed by atoms with Crippen molar-refractivity contribution in [1.82, 2.24) is 10.8 Å². The topological polar surface area (TPSA) is 90.5 Å². The van der Waals surface area contributed by atoms with Crippen molar-refractivity contribution >= 4 is 17.3 Å². The molecule has 6 nitrogen and oxygen atoms in total. The molecule has 1 unspecified atom stereocenters. The van der Waals surface area contributed by atoms with E-state index in [2.05, 4.69) is 29.5 Å². The minimum Gasteiger partial charge on any atom is -0.748 e. The number of amides is 1. The maximum Gasteiger partial charge on any atom is 0.241 e. The van der Waals surface area contributed by atoms with Gasteiger partial charge in [0.2, 0.25) is 5.91 Å². The van der Waals surface area contributed by atoms with E-state index in [0.717, 1.165) is 6.92 Å². The highest BCUT2D eigenvalue weighted by Gasteiger charge is 1.90. The maximum atomic E-state index is 9.84. The average molecular weight is 275 g/mol. The number of allylic oxidation sites excluding steroid dienone is 5. The number of carbonyl (C=O) groups excluding carboxylic acids is 1. The number of carbonyl (C=O) groups is 1. The van der Waals surface area contributed by atoms with E-state index in [9.17, 15) is 13.6 Å². The second kappa shape index (κ2) is 10.7. The summed E-state index contributed by atoms with van der Waals surface area (Å²) < 4.78 is 22.6. The molecule has 0 saturated heterocycles. The van der Waals surface area contributed by atoms with Crippen LogP contribution in [0.2, 0.25) is 0 Å². The van der Waals surface area contributed by atoms with Crippen molar-refractivity contribution < 1.29 is 17.8 Å². The van der Waals surface area contributed by atoms with Crippen LogP contribution in [0.15, 0.2) is 35.7 Å². The lowest BCUT2D eigenvalue weighted by Gasteiger charge is -2.02. The van der Waals surface area contributed by atoms with Gasteiger partial charge in [-0.1, -0.05) is 19.6 Å². The Morgan fingerprint density at radius 1 is 1.44 bits per heavy atom. The van der Waals surface area contributed by atoms with Gasteiger partial charge in [-0.2, -0.15) is 4.28 Å². The smallest absolute Gasteiger partial charge is 0.241 e. The fraction of sp³-hybridized carbons (Fsp3) is 0.364. The Labute approximate surface area is 110 Å². The molecule has 0 aliphatic carbocycles. The third-order valence-corrected chi connectivity index (χ3v) is 1.92. The fourth-order valence-corrected chi connectivity index (χ4v) is 0.945. The molecule has 1 aliphatic rings. The first-order chi connectivity index (χ1) is 7.93. The molecule has 1 heterocycles. The Morgan fingerprint density at radius 2 is 2.06 bits per heavy atom. The highest BCUT2D eigenvalue weighted by molar-refractivity contribution is 7.74. The molecule has 104 valence electrons.